The van der Waals surface area contributed by atoms with Crippen molar-refractivity contribution in [3.05, 3.63) is 58.9 Å². The van der Waals surface area contributed by atoms with Crippen molar-refractivity contribution in [2.45, 2.75) is 51.0 Å². The molecule has 0 bridgehead atoms. The van der Waals surface area contributed by atoms with Crippen molar-refractivity contribution in [1.29, 1.82) is 0 Å². The molecular formula is C24H27N5O4. The van der Waals surface area contributed by atoms with E-state index in [0.717, 1.165) is 42.1 Å². The fourth-order valence-corrected chi connectivity index (χ4v) is 4.71. The van der Waals surface area contributed by atoms with Gasteiger partial charge in [0.05, 0.1) is 5.69 Å². The number of pyridine rings is 1. The lowest BCUT2D eigenvalue weighted by atomic mass is 10.0. The quantitative estimate of drug-likeness (QED) is 0.538. The van der Waals surface area contributed by atoms with Crippen LogP contribution in [0, 0.1) is 0 Å². The van der Waals surface area contributed by atoms with Crippen molar-refractivity contribution >= 4 is 17.7 Å². The average Bonchev–Trinajstić information content (AvgIpc) is 3.42. The van der Waals surface area contributed by atoms with Gasteiger partial charge in [-0.2, -0.15) is 0 Å². The van der Waals surface area contributed by atoms with Crippen LogP contribution in [0.3, 0.4) is 0 Å². The molecule has 3 N–H and O–H groups in total. The molecule has 172 valence electrons. The van der Waals surface area contributed by atoms with Crippen LogP contribution in [0.2, 0.25) is 0 Å². The molecule has 4 heterocycles. The Balaban J connectivity index is 1.22. The van der Waals surface area contributed by atoms with Gasteiger partial charge >= 0.3 is 0 Å². The van der Waals surface area contributed by atoms with Crippen LogP contribution in [-0.2, 0) is 29.2 Å². The number of imide groups is 1. The summed E-state index contributed by atoms with van der Waals surface area (Å²) in [4.78, 5) is 42.9. The maximum absolute atomic E-state index is 13.2. The van der Waals surface area contributed by atoms with Gasteiger partial charge < -0.3 is 20.3 Å². The van der Waals surface area contributed by atoms with E-state index >= 15 is 0 Å². The highest BCUT2D eigenvalue weighted by Crippen LogP contribution is 2.29. The molecule has 2 aromatic rings. The zero-order chi connectivity index (χ0) is 22.8. The molecule has 0 spiro atoms. The van der Waals surface area contributed by atoms with E-state index in [9.17, 15) is 14.4 Å². The summed E-state index contributed by atoms with van der Waals surface area (Å²) in [6.07, 6.45) is 3.55. The predicted octanol–water partition coefficient (Wildman–Crippen LogP) is 0.873. The summed E-state index contributed by atoms with van der Waals surface area (Å²) in [5.41, 5.74) is 3.30. The average molecular weight is 450 g/mol. The second-order valence-corrected chi connectivity index (χ2v) is 8.67. The Hall–Kier alpha value is -3.30. The minimum absolute atomic E-state index is 0.157. The highest BCUT2D eigenvalue weighted by Gasteiger charge is 2.39. The summed E-state index contributed by atoms with van der Waals surface area (Å²) in [5.74, 6) is -0.0244. The van der Waals surface area contributed by atoms with Gasteiger partial charge in [0.25, 0.3) is 5.91 Å². The summed E-state index contributed by atoms with van der Waals surface area (Å²) < 4.78 is 6.01. The number of ether oxygens (including phenoxy) is 1. The Labute approximate surface area is 191 Å². The van der Waals surface area contributed by atoms with Crippen molar-refractivity contribution < 1.29 is 19.1 Å². The minimum Gasteiger partial charge on any atom is -0.489 e. The van der Waals surface area contributed by atoms with E-state index in [0.29, 0.717) is 31.6 Å². The molecule has 2 saturated heterocycles. The number of amides is 3. The van der Waals surface area contributed by atoms with E-state index in [2.05, 4.69) is 20.9 Å². The standard InChI is InChI=1S/C24H27N5O4/c30-21-5-4-20(23(31)28-21)29-14-16-3-1-2-15(22(16)24(29)32)11-26-12-17-10-18(7-9-27-17)33-19-6-8-25-13-19/h1-3,7,9-10,19-20,25-26H,4-6,8,11-14H2,(H,28,30,31). The van der Waals surface area contributed by atoms with Gasteiger partial charge in [0.1, 0.15) is 17.9 Å². The van der Waals surface area contributed by atoms with Crippen LogP contribution in [0.25, 0.3) is 0 Å². The lowest BCUT2D eigenvalue weighted by molar-refractivity contribution is -0.136. The van der Waals surface area contributed by atoms with Crippen molar-refractivity contribution in [3.63, 3.8) is 0 Å². The molecule has 33 heavy (non-hydrogen) atoms. The number of benzene rings is 1. The molecule has 2 atom stereocenters. The van der Waals surface area contributed by atoms with E-state index < -0.39 is 11.9 Å². The highest BCUT2D eigenvalue weighted by molar-refractivity contribution is 6.05. The first kappa shape index (κ1) is 21.5. The van der Waals surface area contributed by atoms with Crippen LogP contribution in [0.15, 0.2) is 36.5 Å². The van der Waals surface area contributed by atoms with Gasteiger partial charge in [-0.05, 0) is 36.6 Å². The summed E-state index contributed by atoms with van der Waals surface area (Å²) in [7, 11) is 0. The van der Waals surface area contributed by atoms with Crippen molar-refractivity contribution in [2.75, 3.05) is 13.1 Å². The van der Waals surface area contributed by atoms with Crippen LogP contribution in [0.5, 0.6) is 5.75 Å². The highest BCUT2D eigenvalue weighted by atomic mass is 16.5. The van der Waals surface area contributed by atoms with E-state index in [1.807, 2.05) is 30.3 Å². The third-order valence-corrected chi connectivity index (χ3v) is 6.37. The summed E-state index contributed by atoms with van der Waals surface area (Å²) >= 11 is 0. The number of carbonyl (C=O) groups is 3. The molecular weight excluding hydrogens is 422 g/mol. The molecule has 0 saturated carbocycles. The molecule has 2 unspecified atom stereocenters. The maximum Gasteiger partial charge on any atom is 0.255 e. The van der Waals surface area contributed by atoms with E-state index in [1.54, 1.807) is 11.1 Å². The molecule has 9 heteroatoms. The first-order chi connectivity index (χ1) is 16.1. The smallest absolute Gasteiger partial charge is 0.255 e. The maximum atomic E-state index is 13.2. The monoisotopic (exact) mass is 449 g/mol. The lowest BCUT2D eigenvalue weighted by Gasteiger charge is -2.29. The molecule has 3 aliphatic rings. The summed E-state index contributed by atoms with van der Waals surface area (Å²) in [5, 5.41) is 9.01. The number of fused-ring (bicyclic) bond motifs is 1. The Morgan fingerprint density at radius 2 is 2.06 bits per heavy atom. The second-order valence-electron chi connectivity index (χ2n) is 8.67. The Morgan fingerprint density at radius 3 is 2.88 bits per heavy atom. The predicted molar refractivity (Wildman–Crippen MR) is 119 cm³/mol. The third kappa shape index (κ3) is 4.60. The number of aromatic nitrogens is 1. The van der Waals surface area contributed by atoms with Gasteiger partial charge in [-0.15, -0.1) is 0 Å². The van der Waals surface area contributed by atoms with Crippen LogP contribution >= 0.6 is 0 Å². The molecule has 2 fully saturated rings. The molecule has 3 aliphatic heterocycles. The van der Waals surface area contributed by atoms with Gasteiger partial charge in [0.15, 0.2) is 0 Å². The van der Waals surface area contributed by atoms with Crippen molar-refractivity contribution in [3.8, 4) is 5.75 Å². The first-order valence-electron chi connectivity index (χ1n) is 11.4. The Kier molecular flexibility index (Phi) is 6.06. The van der Waals surface area contributed by atoms with E-state index in [1.165, 1.54) is 0 Å². The first-order valence-corrected chi connectivity index (χ1v) is 11.4. The van der Waals surface area contributed by atoms with E-state index in [4.69, 9.17) is 4.74 Å². The van der Waals surface area contributed by atoms with Crippen LogP contribution in [-0.4, -0.2) is 52.8 Å². The molecule has 0 aliphatic carbocycles. The Morgan fingerprint density at radius 1 is 1.15 bits per heavy atom. The second kappa shape index (κ2) is 9.29. The molecule has 0 radical (unpaired) electrons. The zero-order valence-electron chi connectivity index (χ0n) is 18.3. The van der Waals surface area contributed by atoms with Crippen molar-refractivity contribution in [1.82, 2.24) is 25.8 Å². The number of nitrogens with zero attached hydrogens (tertiary/aromatic N) is 2. The van der Waals surface area contributed by atoms with Crippen molar-refractivity contribution in [2.24, 2.45) is 0 Å². The zero-order valence-corrected chi connectivity index (χ0v) is 18.3. The minimum atomic E-state index is -0.606. The summed E-state index contributed by atoms with van der Waals surface area (Å²) in [6.45, 7) is 3.25. The number of nitrogens with one attached hydrogen (secondary N) is 3. The van der Waals surface area contributed by atoms with Gasteiger partial charge in [0.2, 0.25) is 11.8 Å². The molecule has 1 aromatic carbocycles. The topological polar surface area (TPSA) is 113 Å². The van der Waals surface area contributed by atoms with Gasteiger partial charge in [-0.1, -0.05) is 18.2 Å². The van der Waals surface area contributed by atoms with Gasteiger partial charge in [0, 0.05) is 50.4 Å². The SMILES string of the molecule is O=C1CCC(N2Cc3cccc(CNCc4cc(OC5CCNC5)ccn4)c3C2=O)C(=O)N1. The molecule has 1 aromatic heterocycles. The van der Waals surface area contributed by atoms with Gasteiger partial charge in [-0.3, -0.25) is 24.7 Å². The molecule has 5 rings (SSSR count). The van der Waals surface area contributed by atoms with Crippen LogP contribution in [0.4, 0.5) is 0 Å². The van der Waals surface area contributed by atoms with Crippen LogP contribution in [0.1, 0.15) is 46.4 Å². The fraction of sp³-hybridized carbons (Fsp3) is 0.417. The normalized spacial score (nSPS) is 22.4. The van der Waals surface area contributed by atoms with E-state index in [-0.39, 0.29) is 24.3 Å². The Bertz CT molecular complexity index is 1080. The van der Waals surface area contributed by atoms with Gasteiger partial charge in [-0.25, -0.2) is 0 Å². The fourth-order valence-electron chi connectivity index (χ4n) is 4.71. The summed E-state index contributed by atoms with van der Waals surface area (Å²) in [6, 6.07) is 8.98. The number of hydrogen-bond acceptors (Lipinski definition) is 7. The number of hydrogen-bond donors (Lipinski definition) is 3. The largest absolute Gasteiger partial charge is 0.489 e. The number of piperidine rings is 1. The molecule has 3 amide bonds. The molecule has 9 nitrogen and oxygen atoms in total. The number of carbonyl (C=O) groups excluding carboxylic acids is 3. The third-order valence-electron chi connectivity index (χ3n) is 6.37. The number of rotatable bonds is 7. The van der Waals surface area contributed by atoms with Crippen LogP contribution < -0.4 is 20.7 Å². The lowest BCUT2D eigenvalue weighted by Crippen LogP contribution is -2.52.